The van der Waals surface area contributed by atoms with Crippen LogP contribution in [0.15, 0.2) is 54.9 Å². The molecule has 0 aliphatic heterocycles. The SMILES string of the molecule is COc1ccc(CN(C(=O)OC(C)(C)C)c2ncc(-c3cccc4c3cnn4C(=O)OC(C)(C)C)s2)cc1. The Hall–Kier alpha value is -3.92. The van der Waals surface area contributed by atoms with Crippen molar-refractivity contribution < 1.29 is 23.8 Å². The van der Waals surface area contributed by atoms with Gasteiger partial charge in [-0.2, -0.15) is 9.78 Å². The minimum absolute atomic E-state index is 0.270. The second-order valence-corrected chi connectivity index (χ2v) is 11.7. The van der Waals surface area contributed by atoms with E-state index in [1.807, 2.05) is 84.0 Å². The molecule has 2 aromatic heterocycles. The summed E-state index contributed by atoms with van der Waals surface area (Å²) in [7, 11) is 1.61. The van der Waals surface area contributed by atoms with Crippen LogP contribution in [-0.4, -0.2) is 45.3 Å². The first kappa shape index (κ1) is 27.1. The Balaban J connectivity index is 1.68. The molecule has 0 spiro atoms. The van der Waals surface area contributed by atoms with Gasteiger partial charge in [-0.25, -0.2) is 19.5 Å². The van der Waals surface area contributed by atoms with Crippen molar-refractivity contribution in [3.05, 3.63) is 60.4 Å². The topological polar surface area (TPSA) is 95.8 Å². The van der Waals surface area contributed by atoms with Crippen molar-refractivity contribution in [3.8, 4) is 16.2 Å². The molecule has 0 aliphatic carbocycles. The average Bonchev–Trinajstić information content (AvgIpc) is 3.48. The Bertz CT molecular complexity index is 1440. The van der Waals surface area contributed by atoms with E-state index >= 15 is 0 Å². The molecular weight excluding hydrogens is 504 g/mol. The normalized spacial score (nSPS) is 11.9. The predicted octanol–water partition coefficient (Wildman–Crippen LogP) is 6.89. The highest BCUT2D eigenvalue weighted by atomic mass is 32.1. The minimum atomic E-state index is -0.669. The van der Waals surface area contributed by atoms with Gasteiger partial charge in [0.2, 0.25) is 0 Å². The van der Waals surface area contributed by atoms with Crippen LogP contribution in [0.2, 0.25) is 0 Å². The van der Waals surface area contributed by atoms with Crippen LogP contribution in [0, 0.1) is 0 Å². The molecule has 1 amide bonds. The van der Waals surface area contributed by atoms with Gasteiger partial charge in [-0.1, -0.05) is 35.6 Å². The molecular formula is C28H32N4O5S. The fourth-order valence-electron chi connectivity index (χ4n) is 3.67. The highest BCUT2D eigenvalue weighted by molar-refractivity contribution is 7.19. The van der Waals surface area contributed by atoms with Gasteiger partial charge in [0.1, 0.15) is 17.0 Å². The summed E-state index contributed by atoms with van der Waals surface area (Å²) < 4.78 is 17.7. The fourth-order valence-corrected chi connectivity index (χ4v) is 4.62. The van der Waals surface area contributed by atoms with Gasteiger partial charge < -0.3 is 14.2 Å². The van der Waals surface area contributed by atoms with E-state index in [0.717, 1.165) is 27.1 Å². The molecule has 0 aliphatic rings. The zero-order chi connectivity index (χ0) is 27.7. The van der Waals surface area contributed by atoms with Crippen LogP contribution in [0.4, 0.5) is 14.7 Å². The maximum absolute atomic E-state index is 13.2. The third-order valence-corrected chi connectivity index (χ3v) is 6.34. The van der Waals surface area contributed by atoms with Crippen LogP contribution in [0.3, 0.4) is 0 Å². The lowest BCUT2D eigenvalue weighted by Crippen LogP contribution is -2.36. The zero-order valence-electron chi connectivity index (χ0n) is 22.6. The molecule has 38 heavy (non-hydrogen) atoms. The summed E-state index contributed by atoms with van der Waals surface area (Å²) in [5, 5.41) is 5.54. The van der Waals surface area contributed by atoms with E-state index in [2.05, 4.69) is 10.1 Å². The lowest BCUT2D eigenvalue weighted by atomic mass is 10.1. The number of carbonyl (C=O) groups is 2. The molecule has 4 rings (SSSR count). The monoisotopic (exact) mass is 536 g/mol. The van der Waals surface area contributed by atoms with Crippen molar-refractivity contribution in [2.45, 2.75) is 59.3 Å². The molecule has 0 fully saturated rings. The number of rotatable bonds is 5. The number of nitrogens with zero attached hydrogens (tertiary/aromatic N) is 4. The number of methoxy groups -OCH3 is 1. The van der Waals surface area contributed by atoms with Gasteiger partial charge >= 0.3 is 12.2 Å². The molecule has 10 heteroatoms. The number of anilines is 1. The molecule has 2 aromatic carbocycles. The number of thiazole rings is 1. The van der Waals surface area contributed by atoms with Gasteiger partial charge in [-0.15, -0.1) is 0 Å². The first-order valence-corrected chi connectivity index (χ1v) is 13.0. The largest absolute Gasteiger partial charge is 0.497 e. The standard InChI is InChI=1S/C28H32N4O5S/c1-27(2,3)36-25(33)31(17-18-11-13-19(35-7)14-12-18)24-29-16-23(38-24)20-9-8-10-22-21(20)15-30-32(22)26(34)37-28(4,5)6/h8-16H,17H2,1-7H3. The molecule has 0 saturated heterocycles. The Labute approximate surface area is 225 Å². The third kappa shape index (κ3) is 6.31. The number of carbonyl (C=O) groups excluding carboxylic acids is 2. The highest BCUT2D eigenvalue weighted by Crippen LogP contribution is 2.36. The predicted molar refractivity (Wildman–Crippen MR) is 148 cm³/mol. The highest BCUT2D eigenvalue weighted by Gasteiger charge is 2.27. The van der Waals surface area contributed by atoms with Crippen LogP contribution in [-0.2, 0) is 16.0 Å². The molecule has 0 atom stereocenters. The van der Waals surface area contributed by atoms with Crippen LogP contribution >= 0.6 is 11.3 Å². The number of hydrogen-bond donors (Lipinski definition) is 0. The number of aromatic nitrogens is 3. The van der Waals surface area contributed by atoms with E-state index < -0.39 is 23.4 Å². The Morgan fingerprint density at radius 3 is 2.26 bits per heavy atom. The minimum Gasteiger partial charge on any atom is -0.497 e. The van der Waals surface area contributed by atoms with Crippen molar-refractivity contribution in [3.63, 3.8) is 0 Å². The van der Waals surface area contributed by atoms with Crippen LogP contribution < -0.4 is 9.64 Å². The second-order valence-electron chi connectivity index (χ2n) is 10.7. The molecule has 0 saturated carbocycles. The molecule has 2 heterocycles. The van der Waals surface area contributed by atoms with Crippen molar-refractivity contribution in [1.29, 1.82) is 0 Å². The van der Waals surface area contributed by atoms with E-state index in [1.165, 1.54) is 20.9 Å². The number of fused-ring (bicyclic) bond motifs is 1. The van der Waals surface area contributed by atoms with E-state index in [9.17, 15) is 9.59 Å². The van der Waals surface area contributed by atoms with E-state index in [0.29, 0.717) is 10.6 Å². The van der Waals surface area contributed by atoms with Crippen molar-refractivity contribution in [2.75, 3.05) is 12.0 Å². The Morgan fingerprint density at radius 1 is 0.947 bits per heavy atom. The van der Waals surface area contributed by atoms with Crippen molar-refractivity contribution in [1.82, 2.24) is 14.8 Å². The second kappa shape index (κ2) is 10.4. The molecule has 4 aromatic rings. The van der Waals surface area contributed by atoms with Crippen molar-refractivity contribution >= 4 is 39.6 Å². The summed E-state index contributed by atoms with van der Waals surface area (Å²) in [6, 6.07) is 13.1. The van der Waals surface area contributed by atoms with Crippen LogP contribution in [0.1, 0.15) is 47.1 Å². The van der Waals surface area contributed by atoms with Crippen molar-refractivity contribution in [2.24, 2.45) is 0 Å². The summed E-state index contributed by atoms with van der Waals surface area (Å²) in [5.74, 6) is 0.731. The quantitative estimate of drug-likeness (QED) is 0.274. The Morgan fingerprint density at radius 2 is 1.63 bits per heavy atom. The number of hydrogen-bond acceptors (Lipinski definition) is 8. The van der Waals surface area contributed by atoms with Gasteiger partial charge in [0, 0.05) is 17.1 Å². The molecule has 200 valence electrons. The molecule has 9 nitrogen and oxygen atoms in total. The lowest BCUT2D eigenvalue weighted by molar-refractivity contribution is 0.0520. The van der Waals surface area contributed by atoms with E-state index in [1.54, 1.807) is 19.5 Å². The van der Waals surface area contributed by atoms with E-state index in [4.69, 9.17) is 14.2 Å². The number of amides is 1. The molecule has 0 N–H and O–H groups in total. The van der Waals surface area contributed by atoms with Gasteiger partial charge in [0.15, 0.2) is 5.13 Å². The average molecular weight is 537 g/mol. The first-order chi connectivity index (χ1) is 17.8. The number of ether oxygens (including phenoxy) is 3. The lowest BCUT2D eigenvalue weighted by Gasteiger charge is -2.26. The smallest absolute Gasteiger partial charge is 0.435 e. The summed E-state index contributed by atoms with van der Waals surface area (Å²) in [6.45, 7) is 11.2. The van der Waals surface area contributed by atoms with Gasteiger partial charge in [0.05, 0.1) is 30.2 Å². The fraction of sp³-hybridized carbons (Fsp3) is 0.357. The first-order valence-electron chi connectivity index (χ1n) is 12.1. The molecule has 0 unspecified atom stereocenters. The van der Waals surface area contributed by atoms with Crippen LogP contribution in [0.25, 0.3) is 21.3 Å². The summed E-state index contributed by atoms with van der Waals surface area (Å²) in [4.78, 5) is 32.8. The van der Waals surface area contributed by atoms with Gasteiger partial charge in [-0.05, 0) is 65.3 Å². The molecule has 0 bridgehead atoms. The number of benzene rings is 2. The van der Waals surface area contributed by atoms with Crippen LogP contribution in [0.5, 0.6) is 5.75 Å². The van der Waals surface area contributed by atoms with Gasteiger partial charge in [0.25, 0.3) is 0 Å². The zero-order valence-corrected chi connectivity index (χ0v) is 23.5. The summed E-state index contributed by atoms with van der Waals surface area (Å²) in [5.41, 5.74) is 1.05. The van der Waals surface area contributed by atoms with Gasteiger partial charge in [-0.3, -0.25) is 0 Å². The maximum atomic E-state index is 13.2. The molecule has 0 radical (unpaired) electrons. The van der Waals surface area contributed by atoms with E-state index in [-0.39, 0.29) is 6.54 Å². The maximum Gasteiger partial charge on any atom is 0.435 e. The third-order valence-electron chi connectivity index (χ3n) is 5.28. The Kier molecular flexibility index (Phi) is 7.46. The summed E-state index contributed by atoms with van der Waals surface area (Å²) in [6.07, 6.45) is 2.30. The summed E-state index contributed by atoms with van der Waals surface area (Å²) >= 11 is 1.35.